The van der Waals surface area contributed by atoms with E-state index in [-0.39, 0.29) is 11.9 Å². The van der Waals surface area contributed by atoms with Crippen molar-refractivity contribution in [3.63, 3.8) is 0 Å². The molecule has 2 saturated heterocycles. The molecule has 0 atom stereocenters. The Bertz CT molecular complexity index is 1240. The summed E-state index contributed by atoms with van der Waals surface area (Å²) in [5.74, 6) is -1.61. The van der Waals surface area contributed by atoms with Crippen LogP contribution in [-0.2, 0) is 26.2 Å². The molecule has 41 heavy (non-hydrogen) atoms. The lowest BCUT2D eigenvalue weighted by Crippen LogP contribution is -2.48. The van der Waals surface area contributed by atoms with Crippen LogP contribution in [0, 0.1) is 5.92 Å². The van der Waals surface area contributed by atoms with Crippen LogP contribution in [0.3, 0.4) is 0 Å². The van der Waals surface area contributed by atoms with Gasteiger partial charge in [-0.15, -0.1) is 0 Å². The van der Waals surface area contributed by atoms with Crippen LogP contribution in [0.25, 0.3) is 0 Å². The molecule has 3 aliphatic rings. The molecule has 0 bridgehead atoms. The lowest BCUT2D eigenvalue weighted by Gasteiger charge is -2.38. The highest BCUT2D eigenvalue weighted by atomic mass is 35.5. The third kappa shape index (κ3) is 8.79. The number of likely N-dealkylation sites (tertiary alicyclic amines) is 1. The van der Waals surface area contributed by atoms with Crippen molar-refractivity contribution in [3.8, 4) is 5.75 Å². The normalized spacial score (nSPS) is 18.9. The number of rotatable bonds is 8. The van der Waals surface area contributed by atoms with E-state index in [1.807, 2.05) is 0 Å². The third-order valence-electron chi connectivity index (χ3n) is 7.38. The van der Waals surface area contributed by atoms with Gasteiger partial charge in [0.05, 0.1) is 22.9 Å². The van der Waals surface area contributed by atoms with Crippen LogP contribution in [0.4, 0.5) is 5.69 Å². The molecule has 0 spiro atoms. The highest BCUT2D eigenvalue weighted by Crippen LogP contribution is 2.38. The van der Waals surface area contributed by atoms with Crippen LogP contribution in [0.5, 0.6) is 5.75 Å². The van der Waals surface area contributed by atoms with Gasteiger partial charge in [-0.2, -0.15) is 17.0 Å². The molecule has 0 aliphatic carbocycles. The summed E-state index contributed by atoms with van der Waals surface area (Å²) in [5, 5.41) is 19.2. The van der Waals surface area contributed by atoms with E-state index >= 15 is 0 Å². The fourth-order valence-electron chi connectivity index (χ4n) is 5.12. The minimum atomic E-state index is -3.32. The topological polar surface area (TPSA) is 183 Å². The molecule has 4 rings (SSSR count). The minimum absolute atomic E-state index is 0.106. The number of nitrogens with zero attached hydrogens (tertiary/aromatic N) is 3. The number of carbonyl (C=O) groups excluding carboxylic acids is 1. The zero-order valence-electron chi connectivity index (χ0n) is 23.2. The van der Waals surface area contributed by atoms with E-state index in [9.17, 15) is 22.8 Å². The zero-order chi connectivity index (χ0) is 30.3. The number of hydrogen-bond acceptors (Lipinski definition) is 8. The fourth-order valence-corrected chi connectivity index (χ4v) is 6.48. The van der Waals surface area contributed by atoms with Crippen molar-refractivity contribution in [1.29, 1.82) is 0 Å². The first-order valence-electron chi connectivity index (χ1n) is 13.4. The number of nitrogens with one attached hydrogen (secondary N) is 1. The second-order valence-corrected chi connectivity index (χ2v) is 13.0. The average molecular weight is 616 g/mol. The molecule has 0 aromatic heterocycles. The number of halogens is 1. The molecular weight excluding hydrogens is 578 g/mol. The lowest BCUT2D eigenvalue weighted by molar-refractivity contribution is -0.134. The van der Waals surface area contributed by atoms with Gasteiger partial charge in [-0.3, -0.25) is 4.79 Å². The SMILES string of the molecule is CN(C)S(=O)(=O)N1CCC(CN2CCC(NC(=O)c3cc(Cl)c(N)c4c3OCC4)CC2)CC1.O=C(O)C=CC(=O)O. The Hall–Kier alpha value is -2.91. The molecule has 3 aliphatic heterocycles. The van der Waals surface area contributed by atoms with Crippen LogP contribution in [0.2, 0.25) is 5.02 Å². The van der Waals surface area contributed by atoms with Gasteiger partial charge < -0.3 is 30.9 Å². The molecule has 15 heteroatoms. The Morgan fingerprint density at radius 2 is 1.68 bits per heavy atom. The minimum Gasteiger partial charge on any atom is -0.492 e. The van der Waals surface area contributed by atoms with Gasteiger partial charge >= 0.3 is 11.9 Å². The summed E-state index contributed by atoms with van der Waals surface area (Å²) in [7, 11) is -0.167. The highest BCUT2D eigenvalue weighted by molar-refractivity contribution is 7.86. The number of ether oxygens (including phenoxy) is 1. The molecule has 1 aromatic rings. The summed E-state index contributed by atoms with van der Waals surface area (Å²) in [6.07, 6.45) is 5.31. The second kappa shape index (κ2) is 14.3. The van der Waals surface area contributed by atoms with E-state index in [1.165, 1.54) is 4.31 Å². The first kappa shape index (κ1) is 32.6. The van der Waals surface area contributed by atoms with Gasteiger partial charge in [-0.05, 0) is 37.7 Å². The van der Waals surface area contributed by atoms with Crippen LogP contribution >= 0.6 is 11.6 Å². The Morgan fingerprint density at radius 1 is 1.10 bits per heavy atom. The van der Waals surface area contributed by atoms with E-state index < -0.39 is 22.1 Å². The number of nitrogen functional groups attached to an aromatic ring is 1. The molecule has 2 fully saturated rings. The summed E-state index contributed by atoms with van der Waals surface area (Å²) < 4.78 is 33.1. The summed E-state index contributed by atoms with van der Waals surface area (Å²) >= 11 is 6.24. The van der Waals surface area contributed by atoms with E-state index in [1.54, 1.807) is 24.5 Å². The second-order valence-electron chi connectivity index (χ2n) is 10.4. The number of amides is 1. The molecule has 0 radical (unpaired) electrons. The average Bonchev–Trinajstić information content (AvgIpc) is 3.41. The molecule has 1 amide bonds. The number of hydrogen-bond donors (Lipinski definition) is 4. The van der Waals surface area contributed by atoms with Crippen LogP contribution in [-0.4, -0.2) is 109 Å². The summed E-state index contributed by atoms with van der Waals surface area (Å²) in [6.45, 7) is 4.48. The number of piperidine rings is 2. The van der Waals surface area contributed by atoms with E-state index in [2.05, 4.69) is 10.2 Å². The monoisotopic (exact) mass is 615 g/mol. The largest absolute Gasteiger partial charge is 0.492 e. The predicted molar refractivity (Wildman–Crippen MR) is 153 cm³/mol. The summed E-state index contributed by atoms with van der Waals surface area (Å²) in [5.41, 5.74) is 7.82. The molecule has 3 heterocycles. The number of benzene rings is 1. The molecular formula is C26H38ClN5O8S. The Kier molecular flexibility index (Phi) is 11.4. The predicted octanol–water partition coefficient (Wildman–Crippen LogP) is 1.28. The van der Waals surface area contributed by atoms with Gasteiger partial charge in [0.1, 0.15) is 5.75 Å². The fraction of sp³-hybridized carbons (Fsp3) is 0.577. The summed E-state index contributed by atoms with van der Waals surface area (Å²) in [4.78, 5) is 34.5. The molecule has 1 aromatic carbocycles. The molecule has 13 nitrogen and oxygen atoms in total. The third-order valence-corrected chi connectivity index (χ3v) is 9.64. The maximum absolute atomic E-state index is 12.9. The van der Waals surface area contributed by atoms with Crippen LogP contribution in [0.15, 0.2) is 18.2 Å². The molecule has 5 N–H and O–H groups in total. The van der Waals surface area contributed by atoms with Crippen molar-refractivity contribution < 1.29 is 37.8 Å². The van der Waals surface area contributed by atoms with Gasteiger partial charge in [0.25, 0.3) is 16.1 Å². The van der Waals surface area contributed by atoms with Gasteiger partial charge in [0.15, 0.2) is 0 Å². The van der Waals surface area contributed by atoms with Crippen molar-refractivity contribution in [3.05, 3.63) is 34.4 Å². The molecule has 0 unspecified atom stereocenters. The Labute approximate surface area is 245 Å². The van der Waals surface area contributed by atoms with Crippen molar-refractivity contribution in [2.75, 3.05) is 59.2 Å². The van der Waals surface area contributed by atoms with Crippen LogP contribution < -0.4 is 15.8 Å². The maximum atomic E-state index is 12.9. The Balaban J connectivity index is 0.000000507. The van der Waals surface area contributed by atoms with Crippen molar-refractivity contribution in [2.24, 2.45) is 5.92 Å². The Morgan fingerprint density at radius 3 is 2.22 bits per heavy atom. The smallest absolute Gasteiger partial charge is 0.328 e. The molecule has 228 valence electrons. The first-order chi connectivity index (χ1) is 19.3. The number of carboxylic acid groups (broad SMARTS) is 2. The zero-order valence-corrected chi connectivity index (χ0v) is 24.8. The van der Waals surface area contributed by atoms with Crippen molar-refractivity contribution in [2.45, 2.75) is 38.1 Å². The lowest BCUT2D eigenvalue weighted by atomic mass is 9.95. The number of carboxylic acids is 2. The van der Waals surface area contributed by atoms with Gasteiger partial charge in [-0.25, -0.2) is 9.59 Å². The highest BCUT2D eigenvalue weighted by Gasteiger charge is 2.32. The quantitative estimate of drug-likeness (QED) is 0.245. The number of nitrogens with two attached hydrogens (primary N) is 1. The van der Waals surface area contributed by atoms with Crippen LogP contribution in [0.1, 0.15) is 41.6 Å². The van der Waals surface area contributed by atoms with E-state index in [4.69, 9.17) is 32.3 Å². The number of carbonyl (C=O) groups is 3. The van der Waals surface area contributed by atoms with E-state index in [0.29, 0.717) is 66.2 Å². The number of anilines is 1. The summed E-state index contributed by atoms with van der Waals surface area (Å²) in [6, 6.07) is 1.71. The van der Waals surface area contributed by atoms with E-state index in [0.717, 1.165) is 50.9 Å². The maximum Gasteiger partial charge on any atom is 0.328 e. The number of fused-ring (bicyclic) bond motifs is 1. The first-order valence-corrected chi connectivity index (χ1v) is 15.2. The standard InChI is InChI=1S/C22H34ClN5O4S.C4H4O4/c1-26(2)33(30,31)28-10-3-15(4-11-28)14-27-8-5-16(6-9-27)25-22(29)18-13-19(23)20(24)17-7-12-32-21(17)18;5-3(6)1-2-4(7)8/h13,15-16H,3-12,14,24H2,1-2H3,(H,25,29);1-2H,(H,5,6)(H,7,8). The van der Waals surface area contributed by atoms with Crippen molar-refractivity contribution in [1.82, 2.24) is 18.8 Å². The van der Waals surface area contributed by atoms with Gasteiger partial charge in [-0.1, -0.05) is 11.6 Å². The van der Waals surface area contributed by atoms with Gasteiger partial charge in [0.2, 0.25) is 0 Å². The van der Waals surface area contributed by atoms with Gasteiger partial charge in [0, 0.05) is 77.0 Å². The van der Waals surface area contributed by atoms with Crippen molar-refractivity contribution >= 4 is 45.3 Å². The molecule has 0 saturated carbocycles. The number of aliphatic carboxylic acids is 2.